The van der Waals surface area contributed by atoms with Crippen molar-refractivity contribution in [3.8, 4) is 0 Å². The average molecular weight is 465 g/mol. The lowest BCUT2D eigenvalue weighted by molar-refractivity contribution is 0.125. The molecule has 0 bridgehead atoms. The fourth-order valence-corrected chi connectivity index (χ4v) is 5.60. The molecular formula is C25H32N6OS. The summed E-state index contributed by atoms with van der Waals surface area (Å²) in [5, 5.41) is 6.22. The largest absolute Gasteiger partial charge is 0.353 e. The summed E-state index contributed by atoms with van der Waals surface area (Å²) in [6.07, 6.45) is 3.51. The first-order chi connectivity index (χ1) is 16.2. The maximum absolute atomic E-state index is 12.2. The van der Waals surface area contributed by atoms with Crippen molar-refractivity contribution in [2.75, 3.05) is 56.0 Å². The van der Waals surface area contributed by atoms with Crippen molar-refractivity contribution in [3.63, 3.8) is 0 Å². The summed E-state index contributed by atoms with van der Waals surface area (Å²) in [5.74, 6) is 1.90. The third-order valence-corrected chi connectivity index (χ3v) is 7.61. The van der Waals surface area contributed by atoms with Crippen molar-refractivity contribution in [3.05, 3.63) is 54.6 Å². The van der Waals surface area contributed by atoms with Gasteiger partial charge < -0.3 is 10.2 Å². The molecule has 3 heterocycles. The molecule has 0 radical (unpaired) electrons. The van der Waals surface area contributed by atoms with Gasteiger partial charge in [-0.25, -0.2) is 9.80 Å². The molecule has 2 aliphatic rings. The molecule has 2 fully saturated rings. The van der Waals surface area contributed by atoms with Crippen LogP contribution >= 0.6 is 11.5 Å². The fourth-order valence-electron chi connectivity index (χ4n) is 4.81. The van der Waals surface area contributed by atoms with Crippen LogP contribution in [-0.2, 0) is 0 Å². The molecule has 2 aliphatic heterocycles. The van der Waals surface area contributed by atoms with Crippen LogP contribution in [-0.4, -0.2) is 66.1 Å². The standard InChI is InChI=1S/C25H32N6OS/c32-25(26-21-6-2-1-3-7-21)27-31-14-11-20(12-15-31)10-13-29-16-18-30(19-17-29)24-22-8-4-5-9-23(22)33-28-24/h1-9,20H,10-19H2,(H2,26,27,32). The normalized spacial score (nSPS) is 18.5. The SMILES string of the molecule is O=C(Nc1ccccc1)NN1CCC(CCN2CCN(c3nsc4ccccc34)CC2)CC1. The van der Waals surface area contributed by atoms with Crippen molar-refractivity contribution in [2.24, 2.45) is 5.92 Å². The maximum Gasteiger partial charge on any atom is 0.333 e. The summed E-state index contributed by atoms with van der Waals surface area (Å²) in [6.45, 7) is 7.30. The number of urea groups is 1. The Morgan fingerprint density at radius 1 is 0.939 bits per heavy atom. The van der Waals surface area contributed by atoms with Crippen molar-refractivity contribution in [1.29, 1.82) is 0 Å². The van der Waals surface area contributed by atoms with Crippen LogP contribution in [0.4, 0.5) is 16.3 Å². The quantitative estimate of drug-likeness (QED) is 0.571. The van der Waals surface area contributed by atoms with E-state index in [0.717, 1.165) is 76.1 Å². The summed E-state index contributed by atoms with van der Waals surface area (Å²) in [7, 11) is 0. The lowest BCUT2D eigenvalue weighted by Gasteiger charge is -2.37. The first kappa shape index (κ1) is 22.1. The molecule has 174 valence electrons. The molecule has 8 heteroatoms. The number of nitrogens with one attached hydrogen (secondary N) is 2. The smallest absolute Gasteiger partial charge is 0.333 e. The highest BCUT2D eigenvalue weighted by molar-refractivity contribution is 7.13. The molecular weight excluding hydrogens is 432 g/mol. The molecule has 1 aromatic heterocycles. The molecule has 2 amide bonds. The number of hydrogen-bond acceptors (Lipinski definition) is 6. The van der Waals surface area contributed by atoms with Crippen LogP contribution in [0.2, 0.25) is 0 Å². The van der Waals surface area contributed by atoms with Gasteiger partial charge in [0, 0.05) is 50.3 Å². The Balaban J connectivity index is 1.00. The molecule has 2 aromatic carbocycles. The number of amides is 2. The van der Waals surface area contributed by atoms with Crippen LogP contribution in [0.15, 0.2) is 54.6 Å². The van der Waals surface area contributed by atoms with Gasteiger partial charge in [-0.05, 0) is 67.5 Å². The van der Waals surface area contributed by atoms with Gasteiger partial charge in [0.05, 0.1) is 4.70 Å². The van der Waals surface area contributed by atoms with Gasteiger partial charge in [-0.2, -0.15) is 4.37 Å². The Morgan fingerprint density at radius 2 is 1.67 bits per heavy atom. The first-order valence-corrected chi connectivity index (χ1v) is 12.7. The molecule has 0 aliphatic carbocycles. The number of piperidine rings is 1. The van der Waals surface area contributed by atoms with E-state index in [1.165, 1.54) is 16.5 Å². The Kier molecular flexibility index (Phi) is 7.04. The number of hydrazine groups is 1. The van der Waals surface area contributed by atoms with Crippen molar-refractivity contribution < 1.29 is 4.79 Å². The molecule has 0 unspecified atom stereocenters. The van der Waals surface area contributed by atoms with Gasteiger partial charge in [-0.15, -0.1) is 0 Å². The Labute approximate surface area is 199 Å². The Bertz CT molecular complexity index is 1040. The second-order valence-corrected chi connectivity index (χ2v) is 9.79. The minimum absolute atomic E-state index is 0.162. The Morgan fingerprint density at radius 3 is 2.45 bits per heavy atom. The number of anilines is 2. The zero-order valence-electron chi connectivity index (χ0n) is 18.9. The molecule has 3 aromatic rings. The van der Waals surface area contributed by atoms with Crippen LogP contribution < -0.4 is 15.6 Å². The third kappa shape index (κ3) is 5.63. The third-order valence-electron chi connectivity index (χ3n) is 6.79. The van der Waals surface area contributed by atoms with Gasteiger partial charge in [0.1, 0.15) is 5.82 Å². The highest BCUT2D eigenvalue weighted by Gasteiger charge is 2.24. The van der Waals surface area contributed by atoms with E-state index in [4.69, 9.17) is 4.37 Å². The van der Waals surface area contributed by atoms with Crippen molar-refractivity contribution in [2.45, 2.75) is 19.3 Å². The minimum Gasteiger partial charge on any atom is -0.353 e. The second-order valence-electron chi connectivity index (χ2n) is 8.98. The van der Waals surface area contributed by atoms with E-state index >= 15 is 0 Å². The molecule has 5 rings (SSSR count). The van der Waals surface area contributed by atoms with E-state index in [9.17, 15) is 4.79 Å². The van der Waals surface area contributed by atoms with Gasteiger partial charge in [-0.1, -0.05) is 30.3 Å². The predicted octanol–water partition coefficient (Wildman–Crippen LogP) is 4.26. The van der Waals surface area contributed by atoms with Crippen molar-refractivity contribution >= 4 is 39.2 Å². The molecule has 0 atom stereocenters. The summed E-state index contributed by atoms with van der Waals surface area (Å²) in [6, 6.07) is 17.9. The van der Waals surface area contributed by atoms with Crippen LogP contribution in [0.3, 0.4) is 0 Å². The monoisotopic (exact) mass is 464 g/mol. The number of nitrogens with zero attached hydrogens (tertiary/aromatic N) is 4. The summed E-state index contributed by atoms with van der Waals surface area (Å²) in [4.78, 5) is 17.2. The van der Waals surface area contributed by atoms with Gasteiger partial charge in [0.25, 0.3) is 0 Å². The number of rotatable bonds is 6. The number of carbonyl (C=O) groups excluding carboxylic acids is 1. The predicted molar refractivity (Wildman–Crippen MR) is 136 cm³/mol. The van der Waals surface area contributed by atoms with E-state index in [1.54, 1.807) is 11.5 Å². The number of aromatic nitrogens is 1. The van der Waals surface area contributed by atoms with Crippen LogP contribution in [0.25, 0.3) is 10.1 Å². The summed E-state index contributed by atoms with van der Waals surface area (Å²) >= 11 is 1.60. The van der Waals surface area contributed by atoms with Gasteiger partial charge in [0.15, 0.2) is 0 Å². The van der Waals surface area contributed by atoms with E-state index in [1.807, 2.05) is 35.3 Å². The minimum atomic E-state index is -0.162. The summed E-state index contributed by atoms with van der Waals surface area (Å²) < 4.78 is 6.00. The highest BCUT2D eigenvalue weighted by Crippen LogP contribution is 2.30. The number of fused-ring (bicyclic) bond motifs is 1. The van der Waals surface area contributed by atoms with Gasteiger partial charge >= 0.3 is 6.03 Å². The number of para-hydroxylation sites is 1. The molecule has 2 N–H and O–H groups in total. The zero-order chi connectivity index (χ0) is 22.5. The number of hydrogen-bond donors (Lipinski definition) is 2. The first-order valence-electron chi connectivity index (χ1n) is 11.9. The molecule has 0 saturated carbocycles. The summed E-state index contributed by atoms with van der Waals surface area (Å²) in [5.41, 5.74) is 3.80. The molecule has 7 nitrogen and oxygen atoms in total. The average Bonchev–Trinajstić information content (AvgIpc) is 3.29. The van der Waals surface area contributed by atoms with Gasteiger partial charge in [0.2, 0.25) is 0 Å². The Hall–Kier alpha value is -2.68. The van der Waals surface area contributed by atoms with E-state index in [-0.39, 0.29) is 6.03 Å². The second kappa shape index (κ2) is 10.5. The topological polar surface area (TPSA) is 63.7 Å². The van der Waals surface area contributed by atoms with E-state index in [0.29, 0.717) is 0 Å². The van der Waals surface area contributed by atoms with Crippen LogP contribution in [0.5, 0.6) is 0 Å². The molecule has 33 heavy (non-hydrogen) atoms. The lowest BCUT2D eigenvalue weighted by Crippen LogP contribution is -2.49. The number of piperazine rings is 1. The van der Waals surface area contributed by atoms with Gasteiger partial charge in [-0.3, -0.25) is 10.3 Å². The van der Waals surface area contributed by atoms with E-state index in [2.05, 4.69) is 44.8 Å². The highest BCUT2D eigenvalue weighted by atomic mass is 32.1. The van der Waals surface area contributed by atoms with Crippen LogP contribution in [0, 0.1) is 5.92 Å². The number of benzene rings is 2. The van der Waals surface area contributed by atoms with Crippen molar-refractivity contribution in [1.82, 2.24) is 19.7 Å². The molecule has 0 spiro atoms. The lowest BCUT2D eigenvalue weighted by atomic mass is 9.94. The maximum atomic E-state index is 12.2. The zero-order valence-corrected chi connectivity index (χ0v) is 19.8. The molecule has 2 saturated heterocycles. The fraction of sp³-hybridized carbons (Fsp3) is 0.440. The van der Waals surface area contributed by atoms with E-state index < -0.39 is 0 Å². The number of carbonyl (C=O) groups is 1. The van der Waals surface area contributed by atoms with Crippen LogP contribution in [0.1, 0.15) is 19.3 Å².